The molecule has 0 bridgehead atoms. The van der Waals surface area contributed by atoms with Gasteiger partial charge >= 0.3 is 11.3 Å². The predicted molar refractivity (Wildman–Crippen MR) is 119 cm³/mol. The Labute approximate surface area is 169 Å². The molecule has 0 amide bonds. The van der Waals surface area contributed by atoms with Crippen molar-refractivity contribution < 1.29 is 8.83 Å². The summed E-state index contributed by atoms with van der Waals surface area (Å²) in [5.41, 5.74) is 0.232. The van der Waals surface area contributed by atoms with Crippen molar-refractivity contribution in [2.75, 3.05) is 0 Å². The molecule has 2 aromatic heterocycles. The first-order valence-electron chi connectivity index (χ1n) is 9.61. The van der Waals surface area contributed by atoms with Crippen molar-refractivity contribution >= 4 is 43.5 Å². The molecular formula is C26H14O4. The zero-order chi connectivity index (χ0) is 20.2. The van der Waals surface area contributed by atoms with Crippen LogP contribution in [0, 0.1) is 0 Å². The van der Waals surface area contributed by atoms with E-state index in [1.807, 2.05) is 60.7 Å². The van der Waals surface area contributed by atoms with Gasteiger partial charge in [-0.2, -0.15) is 0 Å². The summed E-state index contributed by atoms with van der Waals surface area (Å²) in [5, 5.41) is 5.52. The molecule has 0 aliphatic carbocycles. The van der Waals surface area contributed by atoms with Gasteiger partial charge in [0.05, 0.1) is 11.1 Å². The largest absolute Gasteiger partial charge is 0.422 e. The molecule has 4 heteroatoms. The standard InChI is InChI=1S/C26H14O4/c27-25-21(13-19-17-7-3-1-5-15(17)9-11-23(19)29-25)22-14-20-18-8-4-2-6-16(18)10-12-24(20)30-26(22)28/h1-14H. The highest BCUT2D eigenvalue weighted by Gasteiger charge is 2.16. The molecule has 0 atom stereocenters. The van der Waals surface area contributed by atoms with E-state index in [-0.39, 0.29) is 11.1 Å². The minimum atomic E-state index is -0.565. The van der Waals surface area contributed by atoms with E-state index in [1.165, 1.54) is 0 Å². The first kappa shape index (κ1) is 16.7. The molecule has 0 saturated heterocycles. The molecule has 4 aromatic carbocycles. The van der Waals surface area contributed by atoms with Gasteiger partial charge in [0, 0.05) is 10.8 Å². The number of hydrogen-bond donors (Lipinski definition) is 0. The fraction of sp³-hybridized carbons (Fsp3) is 0. The van der Waals surface area contributed by atoms with E-state index in [4.69, 9.17) is 8.83 Å². The lowest BCUT2D eigenvalue weighted by Gasteiger charge is -2.07. The summed E-state index contributed by atoms with van der Waals surface area (Å²) in [7, 11) is 0. The monoisotopic (exact) mass is 390 g/mol. The highest BCUT2D eigenvalue weighted by atomic mass is 16.4. The lowest BCUT2D eigenvalue weighted by Crippen LogP contribution is -2.10. The molecule has 6 aromatic rings. The maximum absolute atomic E-state index is 12.8. The third-order valence-electron chi connectivity index (χ3n) is 5.57. The Hall–Kier alpha value is -4.18. The van der Waals surface area contributed by atoms with Crippen LogP contribution in [0.2, 0.25) is 0 Å². The summed E-state index contributed by atoms with van der Waals surface area (Å²) in [4.78, 5) is 25.5. The average Bonchev–Trinajstić information content (AvgIpc) is 2.78. The minimum Gasteiger partial charge on any atom is -0.422 e. The second-order valence-electron chi connectivity index (χ2n) is 7.29. The number of hydrogen-bond acceptors (Lipinski definition) is 4. The zero-order valence-electron chi connectivity index (χ0n) is 15.7. The molecule has 0 saturated carbocycles. The summed E-state index contributed by atoms with van der Waals surface area (Å²) < 4.78 is 11.1. The quantitative estimate of drug-likeness (QED) is 0.260. The molecule has 0 unspecified atom stereocenters. The SMILES string of the molecule is O=c1oc2ccc3ccccc3c2cc1-c1cc2c(ccc3ccccc32)oc1=O. The van der Waals surface area contributed by atoms with E-state index in [2.05, 4.69) is 0 Å². The van der Waals surface area contributed by atoms with Crippen molar-refractivity contribution in [2.45, 2.75) is 0 Å². The first-order valence-corrected chi connectivity index (χ1v) is 9.61. The molecule has 4 nitrogen and oxygen atoms in total. The Balaban J connectivity index is 1.72. The van der Waals surface area contributed by atoms with Crippen molar-refractivity contribution in [2.24, 2.45) is 0 Å². The van der Waals surface area contributed by atoms with Crippen LogP contribution in [-0.2, 0) is 0 Å². The second kappa shape index (κ2) is 6.16. The maximum atomic E-state index is 12.8. The Morgan fingerprint density at radius 1 is 0.467 bits per heavy atom. The van der Waals surface area contributed by atoms with Crippen LogP contribution in [0.25, 0.3) is 54.6 Å². The third kappa shape index (κ3) is 2.40. The highest BCUT2D eigenvalue weighted by Crippen LogP contribution is 2.30. The van der Waals surface area contributed by atoms with Gasteiger partial charge < -0.3 is 8.83 Å². The van der Waals surface area contributed by atoms with Crippen LogP contribution in [0.1, 0.15) is 0 Å². The lowest BCUT2D eigenvalue weighted by atomic mass is 10.0. The molecule has 2 heterocycles. The van der Waals surface area contributed by atoms with Crippen LogP contribution in [0.15, 0.2) is 103 Å². The fourth-order valence-corrected chi connectivity index (χ4v) is 4.12. The second-order valence-corrected chi connectivity index (χ2v) is 7.29. The van der Waals surface area contributed by atoms with E-state index in [1.54, 1.807) is 24.3 Å². The van der Waals surface area contributed by atoms with Gasteiger partial charge in [-0.05, 0) is 45.8 Å². The van der Waals surface area contributed by atoms with Gasteiger partial charge in [-0.1, -0.05) is 60.7 Å². The van der Waals surface area contributed by atoms with E-state index in [9.17, 15) is 9.59 Å². The molecule has 6 rings (SSSR count). The maximum Gasteiger partial charge on any atom is 0.344 e. The molecule has 0 aliphatic rings. The molecule has 0 N–H and O–H groups in total. The molecule has 0 spiro atoms. The summed E-state index contributed by atoms with van der Waals surface area (Å²) in [6.07, 6.45) is 0. The van der Waals surface area contributed by atoms with E-state index >= 15 is 0 Å². The van der Waals surface area contributed by atoms with Crippen molar-refractivity contribution in [1.82, 2.24) is 0 Å². The summed E-state index contributed by atoms with van der Waals surface area (Å²) in [5.74, 6) is 0. The molecule has 0 radical (unpaired) electrons. The lowest BCUT2D eigenvalue weighted by molar-refractivity contribution is 0.553. The van der Waals surface area contributed by atoms with Gasteiger partial charge in [0.15, 0.2) is 0 Å². The number of rotatable bonds is 1. The summed E-state index contributed by atoms with van der Waals surface area (Å²) in [6, 6.07) is 26.5. The smallest absolute Gasteiger partial charge is 0.344 e. The van der Waals surface area contributed by atoms with Crippen LogP contribution in [0.4, 0.5) is 0 Å². The average molecular weight is 390 g/mol. The summed E-state index contributed by atoms with van der Waals surface area (Å²) in [6.45, 7) is 0. The van der Waals surface area contributed by atoms with Crippen LogP contribution in [-0.4, -0.2) is 0 Å². The van der Waals surface area contributed by atoms with Crippen molar-refractivity contribution in [3.05, 3.63) is 106 Å². The third-order valence-corrected chi connectivity index (χ3v) is 5.57. The Bertz CT molecular complexity index is 1610. The van der Waals surface area contributed by atoms with Crippen LogP contribution >= 0.6 is 0 Å². The Morgan fingerprint density at radius 3 is 1.37 bits per heavy atom. The van der Waals surface area contributed by atoms with Gasteiger partial charge in [-0.15, -0.1) is 0 Å². The van der Waals surface area contributed by atoms with Gasteiger partial charge in [0.2, 0.25) is 0 Å². The molecule has 0 fully saturated rings. The van der Waals surface area contributed by atoms with Gasteiger partial charge in [0.1, 0.15) is 11.2 Å². The highest BCUT2D eigenvalue weighted by molar-refractivity contribution is 6.08. The zero-order valence-corrected chi connectivity index (χ0v) is 15.7. The Kier molecular flexibility index (Phi) is 3.44. The fourth-order valence-electron chi connectivity index (χ4n) is 4.12. The molecule has 30 heavy (non-hydrogen) atoms. The van der Waals surface area contributed by atoms with E-state index < -0.39 is 11.3 Å². The van der Waals surface area contributed by atoms with Gasteiger partial charge in [0.25, 0.3) is 0 Å². The van der Waals surface area contributed by atoms with Crippen molar-refractivity contribution in [3.8, 4) is 11.1 Å². The van der Waals surface area contributed by atoms with Crippen LogP contribution in [0.5, 0.6) is 0 Å². The van der Waals surface area contributed by atoms with Crippen molar-refractivity contribution in [3.63, 3.8) is 0 Å². The number of benzene rings is 4. The van der Waals surface area contributed by atoms with Crippen LogP contribution < -0.4 is 11.3 Å². The molecular weight excluding hydrogens is 376 g/mol. The minimum absolute atomic E-state index is 0.197. The van der Waals surface area contributed by atoms with Gasteiger partial charge in [-0.3, -0.25) is 0 Å². The first-order chi connectivity index (χ1) is 14.7. The Morgan fingerprint density at radius 2 is 0.900 bits per heavy atom. The molecule has 0 aliphatic heterocycles. The molecule has 142 valence electrons. The van der Waals surface area contributed by atoms with E-state index in [0.717, 1.165) is 32.3 Å². The van der Waals surface area contributed by atoms with Gasteiger partial charge in [-0.25, -0.2) is 9.59 Å². The van der Waals surface area contributed by atoms with Crippen LogP contribution in [0.3, 0.4) is 0 Å². The topological polar surface area (TPSA) is 60.4 Å². The van der Waals surface area contributed by atoms with Crippen molar-refractivity contribution in [1.29, 1.82) is 0 Å². The number of fused-ring (bicyclic) bond motifs is 6. The normalized spacial score (nSPS) is 11.6. The summed E-state index contributed by atoms with van der Waals surface area (Å²) >= 11 is 0. The van der Waals surface area contributed by atoms with E-state index in [0.29, 0.717) is 11.2 Å². The predicted octanol–water partition coefficient (Wildman–Crippen LogP) is 5.87.